The van der Waals surface area contributed by atoms with Crippen LogP contribution < -0.4 is 0 Å². The molecular weight excluding hydrogens is 258 g/mol. The lowest BCUT2D eigenvalue weighted by molar-refractivity contribution is 0.0634. The monoisotopic (exact) mass is 287 g/mol. The molecular formula is C19H29NO. The topological polar surface area (TPSA) is 20.3 Å². The van der Waals surface area contributed by atoms with Gasteiger partial charge in [0.2, 0.25) is 0 Å². The summed E-state index contributed by atoms with van der Waals surface area (Å²) in [5.74, 6) is 0.329. The smallest absolute Gasteiger partial charge is 0.183 e. The molecule has 0 aliphatic heterocycles. The van der Waals surface area contributed by atoms with Crippen LogP contribution in [0.3, 0.4) is 0 Å². The Labute approximate surface area is 129 Å². The number of hydrogen-bond acceptors (Lipinski definition) is 2. The number of ketones is 1. The molecule has 0 radical (unpaired) electrons. The van der Waals surface area contributed by atoms with E-state index < -0.39 is 0 Å². The second-order valence-corrected chi connectivity index (χ2v) is 6.92. The highest BCUT2D eigenvalue weighted by atomic mass is 16.1. The molecule has 1 saturated carbocycles. The van der Waals surface area contributed by atoms with Crippen molar-refractivity contribution in [3.63, 3.8) is 0 Å². The zero-order valence-electron chi connectivity index (χ0n) is 14.3. The summed E-state index contributed by atoms with van der Waals surface area (Å²) < 4.78 is 0. The number of likely N-dealkylation sites (N-methyl/N-ethyl adjacent to an activating group) is 1. The Morgan fingerprint density at radius 2 is 1.43 bits per heavy atom. The van der Waals surface area contributed by atoms with Crippen molar-refractivity contribution in [2.24, 2.45) is 0 Å². The highest BCUT2D eigenvalue weighted by Crippen LogP contribution is 2.35. The van der Waals surface area contributed by atoms with Crippen LogP contribution in [0.4, 0.5) is 0 Å². The second kappa shape index (κ2) is 6.31. The average molecular weight is 287 g/mol. The van der Waals surface area contributed by atoms with E-state index in [-0.39, 0.29) is 5.54 Å². The summed E-state index contributed by atoms with van der Waals surface area (Å²) >= 11 is 0. The van der Waals surface area contributed by atoms with Crippen molar-refractivity contribution in [1.29, 1.82) is 0 Å². The van der Waals surface area contributed by atoms with Crippen LogP contribution >= 0.6 is 0 Å². The molecule has 0 N–H and O–H groups in total. The molecule has 1 fully saturated rings. The first-order valence-corrected chi connectivity index (χ1v) is 8.18. The van der Waals surface area contributed by atoms with Gasteiger partial charge in [0.1, 0.15) is 0 Å². The molecule has 0 aromatic heterocycles. The van der Waals surface area contributed by atoms with Gasteiger partial charge < -0.3 is 0 Å². The Bertz CT molecular complexity index is 523. The molecule has 1 aliphatic carbocycles. The molecule has 0 atom stereocenters. The molecule has 1 aliphatic rings. The summed E-state index contributed by atoms with van der Waals surface area (Å²) in [5, 5.41) is 0. The number of nitrogens with zero attached hydrogens (tertiary/aromatic N) is 1. The molecule has 116 valence electrons. The Morgan fingerprint density at radius 1 is 0.905 bits per heavy atom. The fourth-order valence-electron chi connectivity index (χ4n) is 3.65. The van der Waals surface area contributed by atoms with Crippen molar-refractivity contribution in [2.75, 3.05) is 14.1 Å². The number of Topliss-reactive ketones (excluding diaryl/α,β-unsaturated/α-hetero) is 1. The SMILES string of the molecule is Cc1cc(C)c(C(=O)C2(N(C)C)CCCCCC2)cc1C. The number of rotatable bonds is 3. The summed E-state index contributed by atoms with van der Waals surface area (Å²) in [7, 11) is 4.14. The van der Waals surface area contributed by atoms with Gasteiger partial charge in [-0.15, -0.1) is 0 Å². The standard InChI is InChI=1S/C19H29NO/c1-14-12-16(3)17(13-15(14)2)18(21)19(20(4)5)10-8-6-7-9-11-19/h12-13H,6-11H2,1-5H3. The van der Waals surface area contributed by atoms with Gasteiger partial charge in [-0.1, -0.05) is 31.7 Å². The summed E-state index contributed by atoms with van der Waals surface area (Å²) in [6, 6.07) is 4.26. The van der Waals surface area contributed by atoms with Crippen LogP contribution in [-0.4, -0.2) is 30.3 Å². The van der Waals surface area contributed by atoms with E-state index in [1.54, 1.807) is 0 Å². The highest BCUT2D eigenvalue weighted by molar-refractivity contribution is 6.04. The van der Waals surface area contributed by atoms with Crippen molar-refractivity contribution in [3.05, 3.63) is 34.4 Å². The first kappa shape index (κ1) is 16.2. The number of hydrogen-bond donors (Lipinski definition) is 0. The minimum absolute atomic E-state index is 0.303. The molecule has 0 saturated heterocycles. The van der Waals surface area contributed by atoms with E-state index >= 15 is 0 Å². The number of carbonyl (C=O) groups is 1. The van der Waals surface area contributed by atoms with E-state index in [2.05, 4.69) is 51.9 Å². The molecule has 0 amide bonds. The van der Waals surface area contributed by atoms with Gasteiger partial charge in [-0.2, -0.15) is 0 Å². The van der Waals surface area contributed by atoms with E-state index in [0.717, 1.165) is 36.8 Å². The first-order valence-electron chi connectivity index (χ1n) is 8.18. The zero-order chi connectivity index (χ0) is 15.6. The molecule has 2 heteroatoms. The van der Waals surface area contributed by atoms with Gasteiger partial charge in [0, 0.05) is 5.56 Å². The maximum absolute atomic E-state index is 13.4. The molecule has 0 bridgehead atoms. The summed E-state index contributed by atoms with van der Waals surface area (Å²) in [5.41, 5.74) is 4.22. The Balaban J connectivity index is 2.46. The third-order valence-corrected chi connectivity index (χ3v) is 5.29. The van der Waals surface area contributed by atoms with Gasteiger partial charge in [-0.05, 0) is 70.5 Å². The van der Waals surface area contributed by atoms with Crippen LogP contribution in [0.15, 0.2) is 12.1 Å². The van der Waals surface area contributed by atoms with Gasteiger partial charge >= 0.3 is 0 Å². The fraction of sp³-hybridized carbons (Fsp3) is 0.632. The molecule has 21 heavy (non-hydrogen) atoms. The van der Waals surface area contributed by atoms with Crippen molar-refractivity contribution in [2.45, 2.75) is 64.8 Å². The number of benzene rings is 1. The van der Waals surface area contributed by atoms with Gasteiger partial charge in [0.25, 0.3) is 0 Å². The Kier molecular flexibility index (Phi) is 4.88. The maximum atomic E-state index is 13.4. The molecule has 0 heterocycles. The minimum atomic E-state index is -0.303. The van der Waals surface area contributed by atoms with Crippen LogP contribution in [0.25, 0.3) is 0 Å². The Hall–Kier alpha value is -1.15. The van der Waals surface area contributed by atoms with Gasteiger partial charge in [0.15, 0.2) is 5.78 Å². The molecule has 0 spiro atoms. The summed E-state index contributed by atoms with van der Waals surface area (Å²) in [6.07, 6.45) is 6.82. The minimum Gasteiger partial charge on any atom is -0.297 e. The van der Waals surface area contributed by atoms with Crippen LogP contribution in [0, 0.1) is 20.8 Å². The third kappa shape index (κ3) is 3.06. The van der Waals surface area contributed by atoms with Crippen LogP contribution in [0.1, 0.15) is 65.6 Å². The van der Waals surface area contributed by atoms with Crippen LogP contribution in [-0.2, 0) is 0 Å². The lowest BCUT2D eigenvalue weighted by atomic mass is 9.79. The van der Waals surface area contributed by atoms with E-state index in [9.17, 15) is 4.79 Å². The molecule has 2 rings (SSSR count). The Morgan fingerprint density at radius 3 is 1.95 bits per heavy atom. The van der Waals surface area contributed by atoms with Crippen LogP contribution in [0.2, 0.25) is 0 Å². The third-order valence-electron chi connectivity index (χ3n) is 5.29. The van der Waals surface area contributed by atoms with E-state index in [1.807, 2.05) is 0 Å². The normalized spacial score (nSPS) is 18.6. The predicted octanol–water partition coefficient (Wildman–Crippen LogP) is 4.45. The number of carbonyl (C=O) groups excluding carboxylic acids is 1. The van der Waals surface area contributed by atoms with Crippen molar-refractivity contribution < 1.29 is 4.79 Å². The molecule has 1 aromatic rings. The molecule has 1 aromatic carbocycles. The van der Waals surface area contributed by atoms with Crippen molar-refractivity contribution in [3.8, 4) is 0 Å². The van der Waals surface area contributed by atoms with Crippen molar-refractivity contribution >= 4 is 5.78 Å². The second-order valence-electron chi connectivity index (χ2n) is 6.92. The van der Waals surface area contributed by atoms with Crippen LogP contribution in [0.5, 0.6) is 0 Å². The molecule has 0 unspecified atom stereocenters. The van der Waals surface area contributed by atoms with Gasteiger partial charge in [-0.25, -0.2) is 0 Å². The fourth-order valence-corrected chi connectivity index (χ4v) is 3.65. The average Bonchev–Trinajstić information content (AvgIpc) is 2.68. The molecule has 2 nitrogen and oxygen atoms in total. The predicted molar refractivity (Wildman–Crippen MR) is 89.1 cm³/mol. The maximum Gasteiger partial charge on any atom is 0.183 e. The summed E-state index contributed by atoms with van der Waals surface area (Å²) in [6.45, 7) is 6.28. The quantitative estimate of drug-likeness (QED) is 0.604. The zero-order valence-corrected chi connectivity index (χ0v) is 14.3. The lowest BCUT2D eigenvalue weighted by Crippen LogP contribution is -2.51. The van der Waals surface area contributed by atoms with E-state index in [1.165, 1.54) is 24.0 Å². The first-order chi connectivity index (χ1) is 9.88. The lowest BCUT2D eigenvalue weighted by Gasteiger charge is -2.38. The highest BCUT2D eigenvalue weighted by Gasteiger charge is 2.41. The largest absolute Gasteiger partial charge is 0.297 e. The van der Waals surface area contributed by atoms with E-state index in [4.69, 9.17) is 0 Å². The van der Waals surface area contributed by atoms with E-state index in [0.29, 0.717) is 5.78 Å². The van der Waals surface area contributed by atoms with Gasteiger partial charge in [-0.3, -0.25) is 9.69 Å². The van der Waals surface area contributed by atoms with Crippen molar-refractivity contribution in [1.82, 2.24) is 4.90 Å². The van der Waals surface area contributed by atoms with Gasteiger partial charge in [0.05, 0.1) is 5.54 Å². The number of aryl methyl sites for hydroxylation is 3. The summed E-state index contributed by atoms with van der Waals surface area (Å²) in [4.78, 5) is 15.5.